The van der Waals surface area contributed by atoms with Gasteiger partial charge in [-0.3, -0.25) is 0 Å². The number of carboxylic acids is 1. The standard InChI is InChI=1S/C13H16F2N2O3/c1-2-3-11(12(18)19)17-13(20)16-7-8-4-9(14)6-10(15)5-8/h4-6,11H,2-3,7H2,1H3,(H,18,19)(H2,16,17,20). The molecule has 0 aliphatic carbocycles. The van der Waals surface area contributed by atoms with Gasteiger partial charge < -0.3 is 15.7 Å². The van der Waals surface area contributed by atoms with E-state index in [9.17, 15) is 18.4 Å². The highest BCUT2D eigenvalue weighted by Gasteiger charge is 2.18. The van der Waals surface area contributed by atoms with Crippen molar-refractivity contribution in [1.82, 2.24) is 10.6 Å². The molecular weight excluding hydrogens is 270 g/mol. The van der Waals surface area contributed by atoms with E-state index in [-0.39, 0.29) is 12.1 Å². The van der Waals surface area contributed by atoms with Crippen LogP contribution in [0.5, 0.6) is 0 Å². The Bertz CT molecular complexity index is 474. The molecule has 1 unspecified atom stereocenters. The number of carbonyl (C=O) groups is 2. The van der Waals surface area contributed by atoms with Crippen LogP contribution in [-0.2, 0) is 11.3 Å². The summed E-state index contributed by atoms with van der Waals surface area (Å²) >= 11 is 0. The van der Waals surface area contributed by atoms with Crippen molar-refractivity contribution < 1.29 is 23.5 Å². The first-order chi connectivity index (χ1) is 9.42. The number of benzene rings is 1. The normalized spacial score (nSPS) is 11.8. The van der Waals surface area contributed by atoms with Gasteiger partial charge in [0.15, 0.2) is 0 Å². The summed E-state index contributed by atoms with van der Waals surface area (Å²) in [6, 6.07) is 1.22. The number of rotatable bonds is 6. The minimum atomic E-state index is -1.13. The summed E-state index contributed by atoms with van der Waals surface area (Å²) in [5, 5.41) is 13.5. The van der Waals surface area contributed by atoms with Gasteiger partial charge in [0.25, 0.3) is 0 Å². The predicted molar refractivity (Wildman–Crippen MR) is 68.1 cm³/mol. The van der Waals surface area contributed by atoms with E-state index < -0.39 is 29.7 Å². The van der Waals surface area contributed by atoms with Crippen LogP contribution in [0.2, 0.25) is 0 Å². The molecule has 0 saturated carbocycles. The molecule has 3 N–H and O–H groups in total. The number of hydrogen-bond acceptors (Lipinski definition) is 2. The van der Waals surface area contributed by atoms with Crippen molar-refractivity contribution in [2.24, 2.45) is 0 Å². The largest absolute Gasteiger partial charge is 0.480 e. The van der Waals surface area contributed by atoms with E-state index in [2.05, 4.69) is 10.6 Å². The Morgan fingerprint density at radius 3 is 2.35 bits per heavy atom. The maximum atomic E-state index is 12.9. The first-order valence-electron chi connectivity index (χ1n) is 6.14. The Morgan fingerprint density at radius 1 is 1.25 bits per heavy atom. The average Bonchev–Trinajstić information content (AvgIpc) is 2.34. The number of halogens is 2. The molecule has 0 bridgehead atoms. The van der Waals surface area contributed by atoms with Crippen LogP contribution in [0.1, 0.15) is 25.3 Å². The Kier molecular flexibility index (Phi) is 5.89. The molecule has 0 spiro atoms. The Hall–Kier alpha value is -2.18. The molecule has 0 aromatic heterocycles. The minimum Gasteiger partial charge on any atom is -0.480 e. The van der Waals surface area contributed by atoms with Crippen LogP contribution in [0.15, 0.2) is 18.2 Å². The fourth-order valence-electron chi connectivity index (χ4n) is 1.65. The van der Waals surface area contributed by atoms with Crippen molar-refractivity contribution in [1.29, 1.82) is 0 Å². The first kappa shape index (κ1) is 15.9. The molecule has 1 atom stereocenters. The van der Waals surface area contributed by atoms with Crippen molar-refractivity contribution >= 4 is 12.0 Å². The Balaban J connectivity index is 2.52. The molecule has 1 aromatic rings. The van der Waals surface area contributed by atoms with E-state index in [0.717, 1.165) is 18.2 Å². The van der Waals surface area contributed by atoms with E-state index in [4.69, 9.17) is 5.11 Å². The molecule has 0 aliphatic rings. The van der Waals surface area contributed by atoms with Gasteiger partial charge in [0.05, 0.1) is 0 Å². The van der Waals surface area contributed by atoms with E-state index in [1.54, 1.807) is 6.92 Å². The minimum absolute atomic E-state index is 0.0982. The van der Waals surface area contributed by atoms with Crippen molar-refractivity contribution in [3.63, 3.8) is 0 Å². The third kappa shape index (κ3) is 5.21. The topological polar surface area (TPSA) is 78.4 Å². The van der Waals surface area contributed by atoms with Gasteiger partial charge in [0, 0.05) is 12.6 Å². The molecule has 0 fully saturated rings. The summed E-state index contributed by atoms with van der Waals surface area (Å²) in [6.45, 7) is 1.70. The smallest absolute Gasteiger partial charge is 0.326 e. The summed E-state index contributed by atoms with van der Waals surface area (Å²) in [7, 11) is 0. The van der Waals surface area contributed by atoms with Gasteiger partial charge in [0.2, 0.25) is 0 Å². The zero-order chi connectivity index (χ0) is 15.1. The van der Waals surface area contributed by atoms with Gasteiger partial charge >= 0.3 is 12.0 Å². The van der Waals surface area contributed by atoms with Gasteiger partial charge in [-0.15, -0.1) is 0 Å². The molecule has 0 heterocycles. The van der Waals surface area contributed by atoms with Crippen molar-refractivity contribution in [2.75, 3.05) is 0 Å². The third-order valence-electron chi connectivity index (χ3n) is 2.56. The quantitative estimate of drug-likeness (QED) is 0.748. The second-order valence-electron chi connectivity index (χ2n) is 4.28. The zero-order valence-corrected chi connectivity index (χ0v) is 11.0. The number of carbonyl (C=O) groups excluding carboxylic acids is 1. The molecule has 2 amide bonds. The Morgan fingerprint density at radius 2 is 1.85 bits per heavy atom. The molecule has 0 saturated heterocycles. The van der Waals surface area contributed by atoms with Crippen LogP contribution in [0.4, 0.5) is 13.6 Å². The molecule has 0 radical (unpaired) electrons. The van der Waals surface area contributed by atoms with E-state index in [1.807, 2.05) is 0 Å². The second kappa shape index (κ2) is 7.42. The molecule has 5 nitrogen and oxygen atoms in total. The van der Waals surface area contributed by atoms with Crippen LogP contribution in [0, 0.1) is 11.6 Å². The van der Waals surface area contributed by atoms with E-state index in [1.165, 1.54) is 0 Å². The molecule has 20 heavy (non-hydrogen) atoms. The maximum Gasteiger partial charge on any atom is 0.326 e. The van der Waals surface area contributed by atoms with Gasteiger partial charge in [-0.05, 0) is 24.1 Å². The van der Waals surface area contributed by atoms with Crippen LogP contribution in [-0.4, -0.2) is 23.1 Å². The van der Waals surface area contributed by atoms with Gasteiger partial charge in [-0.25, -0.2) is 18.4 Å². The summed E-state index contributed by atoms with van der Waals surface area (Å²) in [5.74, 6) is -2.60. The highest BCUT2D eigenvalue weighted by atomic mass is 19.1. The average molecular weight is 286 g/mol. The number of carboxylic acid groups (broad SMARTS) is 1. The molecule has 110 valence electrons. The summed E-state index contributed by atoms with van der Waals surface area (Å²) in [4.78, 5) is 22.3. The molecule has 0 aliphatic heterocycles. The fourth-order valence-corrected chi connectivity index (χ4v) is 1.65. The van der Waals surface area contributed by atoms with Gasteiger partial charge in [0.1, 0.15) is 17.7 Å². The van der Waals surface area contributed by atoms with Crippen molar-refractivity contribution in [3.05, 3.63) is 35.4 Å². The third-order valence-corrected chi connectivity index (χ3v) is 2.56. The van der Waals surface area contributed by atoms with Crippen molar-refractivity contribution in [2.45, 2.75) is 32.4 Å². The van der Waals surface area contributed by atoms with Crippen LogP contribution >= 0.6 is 0 Å². The fraction of sp³-hybridized carbons (Fsp3) is 0.385. The molecule has 1 rings (SSSR count). The number of nitrogens with one attached hydrogen (secondary N) is 2. The summed E-state index contributed by atoms with van der Waals surface area (Å²) in [6.07, 6.45) is 0.906. The monoisotopic (exact) mass is 286 g/mol. The lowest BCUT2D eigenvalue weighted by Gasteiger charge is -2.14. The first-order valence-corrected chi connectivity index (χ1v) is 6.14. The lowest BCUT2D eigenvalue weighted by Crippen LogP contribution is -2.45. The highest BCUT2D eigenvalue weighted by Crippen LogP contribution is 2.07. The lowest BCUT2D eigenvalue weighted by molar-refractivity contribution is -0.139. The molecule has 7 heteroatoms. The van der Waals surface area contributed by atoms with Crippen LogP contribution in [0.25, 0.3) is 0 Å². The number of urea groups is 1. The van der Waals surface area contributed by atoms with E-state index in [0.29, 0.717) is 12.8 Å². The summed E-state index contributed by atoms with van der Waals surface area (Å²) in [5.41, 5.74) is 0.250. The molecule has 1 aromatic carbocycles. The summed E-state index contributed by atoms with van der Waals surface area (Å²) < 4.78 is 25.8. The lowest BCUT2D eigenvalue weighted by atomic mass is 10.2. The predicted octanol–water partition coefficient (Wildman–Crippen LogP) is 2.02. The zero-order valence-electron chi connectivity index (χ0n) is 11.0. The van der Waals surface area contributed by atoms with Crippen LogP contribution < -0.4 is 10.6 Å². The number of hydrogen-bond donors (Lipinski definition) is 3. The molecular formula is C13H16F2N2O3. The van der Waals surface area contributed by atoms with Gasteiger partial charge in [-0.1, -0.05) is 13.3 Å². The number of amides is 2. The van der Waals surface area contributed by atoms with E-state index >= 15 is 0 Å². The SMILES string of the molecule is CCCC(NC(=O)NCc1cc(F)cc(F)c1)C(=O)O. The van der Waals surface area contributed by atoms with Crippen molar-refractivity contribution in [3.8, 4) is 0 Å². The highest BCUT2D eigenvalue weighted by molar-refractivity contribution is 5.82. The second-order valence-corrected chi connectivity index (χ2v) is 4.28. The Labute approximate surface area is 115 Å². The van der Waals surface area contributed by atoms with Crippen LogP contribution in [0.3, 0.4) is 0 Å². The number of aliphatic carboxylic acids is 1. The maximum absolute atomic E-state index is 12.9. The van der Waals surface area contributed by atoms with Gasteiger partial charge in [-0.2, -0.15) is 0 Å².